The molecule has 0 bridgehead atoms. The summed E-state index contributed by atoms with van der Waals surface area (Å²) in [7, 11) is 1.40. The van der Waals surface area contributed by atoms with E-state index < -0.39 is 0 Å². The van der Waals surface area contributed by atoms with E-state index in [9.17, 15) is 4.79 Å². The molecule has 0 aliphatic heterocycles. The van der Waals surface area contributed by atoms with Gasteiger partial charge in [0.05, 0.1) is 7.11 Å². The van der Waals surface area contributed by atoms with Crippen LogP contribution in [-0.2, 0) is 9.53 Å². The maximum atomic E-state index is 11.3. The van der Waals surface area contributed by atoms with Crippen molar-refractivity contribution in [3.8, 4) is 0 Å². The van der Waals surface area contributed by atoms with Gasteiger partial charge in [-0.05, 0) is 50.5 Å². The maximum Gasteiger partial charge on any atom is 0.327 e. The topological polar surface area (TPSA) is 38.3 Å². The molecule has 0 fully saturated rings. The summed E-state index contributed by atoms with van der Waals surface area (Å²) in [6.45, 7) is 7.96. The van der Waals surface area contributed by atoms with Crippen LogP contribution in [0.3, 0.4) is 0 Å². The maximum absolute atomic E-state index is 11.3. The molecule has 1 N–H and O–H groups in total. The molecule has 0 unspecified atom stereocenters. The molecular weight excluding hydrogens is 202 g/mol. The SMILES string of the molecule is COC(=O)[C@H](C)Nc1cc(C)c(C)cc1C. The van der Waals surface area contributed by atoms with Crippen LogP contribution in [0.1, 0.15) is 23.6 Å². The van der Waals surface area contributed by atoms with Gasteiger partial charge in [-0.3, -0.25) is 0 Å². The van der Waals surface area contributed by atoms with Crippen molar-refractivity contribution in [2.24, 2.45) is 0 Å². The number of ether oxygens (including phenoxy) is 1. The van der Waals surface area contributed by atoms with Crippen molar-refractivity contribution in [1.29, 1.82) is 0 Å². The number of carbonyl (C=O) groups is 1. The Morgan fingerprint density at radius 2 is 1.75 bits per heavy atom. The molecule has 3 nitrogen and oxygen atoms in total. The molecule has 0 aromatic heterocycles. The van der Waals surface area contributed by atoms with Crippen LogP contribution in [-0.4, -0.2) is 19.1 Å². The van der Waals surface area contributed by atoms with E-state index in [1.54, 1.807) is 6.92 Å². The predicted molar refractivity (Wildman–Crippen MR) is 65.8 cm³/mol. The molecule has 1 aromatic rings. The highest BCUT2D eigenvalue weighted by Crippen LogP contribution is 2.20. The second-order valence-electron chi connectivity index (χ2n) is 4.14. The first-order valence-electron chi connectivity index (χ1n) is 5.38. The molecular formula is C13H19NO2. The minimum absolute atomic E-state index is 0.252. The van der Waals surface area contributed by atoms with Crippen LogP contribution >= 0.6 is 0 Å². The third-order valence-electron chi connectivity index (χ3n) is 2.77. The van der Waals surface area contributed by atoms with Gasteiger partial charge in [0.15, 0.2) is 0 Å². The Morgan fingerprint density at radius 1 is 1.19 bits per heavy atom. The number of methoxy groups -OCH3 is 1. The fraction of sp³-hybridized carbons (Fsp3) is 0.462. The summed E-state index contributed by atoms with van der Waals surface area (Å²) in [5.74, 6) is -0.252. The second-order valence-corrected chi connectivity index (χ2v) is 4.14. The van der Waals surface area contributed by atoms with Gasteiger partial charge in [-0.15, -0.1) is 0 Å². The highest BCUT2D eigenvalue weighted by Gasteiger charge is 2.13. The molecule has 0 radical (unpaired) electrons. The molecule has 1 rings (SSSR count). The highest BCUT2D eigenvalue weighted by molar-refractivity contribution is 5.79. The number of nitrogens with one attached hydrogen (secondary N) is 1. The Hall–Kier alpha value is -1.51. The number of anilines is 1. The Balaban J connectivity index is 2.89. The first-order valence-corrected chi connectivity index (χ1v) is 5.38. The average Bonchev–Trinajstić information content (AvgIpc) is 2.24. The summed E-state index contributed by atoms with van der Waals surface area (Å²) in [6, 6.07) is 3.84. The lowest BCUT2D eigenvalue weighted by Crippen LogP contribution is -2.27. The largest absolute Gasteiger partial charge is 0.467 e. The first-order chi connectivity index (χ1) is 7.45. The minimum Gasteiger partial charge on any atom is -0.467 e. The Morgan fingerprint density at radius 3 is 2.31 bits per heavy atom. The van der Waals surface area contributed by atoms with Gasteiger partial charge in [-0.2, -0.15) is 0 Å². The normalized spacial score (nSPS) is 12.1. The van der Waals surface area contributed by atoms with Crippen LogP contribution in [0.25, 0.3) is 0 Å². The second kappa shape index (κ2) is 5.01. The number of benzene rings is 1. The van der Waals surface area contributed by atoms with Crippen molar-refractivity contribution in [2.75, 3.05) is 12.4 Å². The van der Waals surface area contributed by atoms with E-state index in [1.165, 1.54) is 18.2 Å². The van der Waals surface area contributed by atoms with Gasteiger partial charge in [-0.25, -0.2) is 4.79 Å². The minimum atomic E-state index is -0.328. The zero-order valence-corrected chi connectivity index (χ0v) is 10.5. The van der Waals surface area contributed by atoms with Gasteiger partial charge >= 0.3 is 5.97 Å². The Labute approximate surface area is 96.8 Å². The summed E-state index contributed by atoms with van der Waals surface area (Å²) >= 11 is 0. The predicted octanol–water partition coefficient (Wildman–Crippen LogP) is 2.59. The highest BCUT2D eigenvalue weighted by atomic mass is 16.5. The van der Waals surface area contributed by atoms with Gasteiger partial charge in [0.25, 0.3) is 0 Å². The molecule has 3 heteroatoms. The Kier molecular flexibility index (Phi) is 3.93. The molecule has 0 heterocycles. The van der Waals surface area contributed by atoms with Gasteiger partial charge in [0, 0.05) is 5.69 Å². The van der Waals surface area contributed by atoms with Gasteiger partial charge in [-0.1, -0.05) is 6.07 Å². The van der Waals surface area contributed by atoms with Crippen LogP contribution in [0.5, 0.6) is 0 Å². The molecule has 88 valence electrons. The van der Waals surface area contributed by atoms with Crippen molar-refractivity contribution in [3.63, 3.8) is 0 Å². The van der Waals surface area contributed by atoms with Crippen molar-refractivity contribution in [3.05, 3.63) is 28.8 Å². The number of carbonyl (C=O) groups excluding carboxylic acids is 1. The van der Waals surface area contributed by atoms with Gasteiger partial charge < -0.3 is 10.1 Å². The number of rotatable bonds is 3. The fourth-order valence-corrected chi connectivity index (χ4v) is 1.58. The summed E-state index contributed by atoms with van der Waals surface area (Å²) < 4.78 is 4.68. The molecule has 1 aromatic carbocycles. The van der Waals surface area contributed by atoms with Crippen molar-refractivity contribution in [1.82, 2.24) is 0 Å². The molecule has 0 saturated carbocycles. The van der Waals surface area contributed by atoms with Gasteiger partial charge in [0.2, 0.25) is 0 Å². The van der Waals surface area contributed by atoms with E-state index in [0.29, 0.717) is 0 Å². The lowest BCUT2D eigenvalue weighted by Gasteiger charge is -2.16. The quantitative estimate of drug-likeness (QED) is 0.797. The lowest BCUT2D eigenvalue weighted by molar-refractivity contribution is -0.141. The number of hydrogen-bond acceptors (Lipinski definition) is 3. The van der Waals surface area contributed by atoms with E-state index in [0.717, 1.165) is 11.3 Å². The third-order valence-corrected chi connectivity index (χ3v) is 2.77. The summed E-state index contributed by atoms with van der Waals surface area (Å²) in [6.07, 6.45) is 0. The molecule has 0 saturated heterocycles. The Bertz CT molecular complexity index is 399. The molecule has 0 aliphatic rings. The molecule has 0 amide bonds. The monoisotopic (exact) mass is 221 g/mol. The van der Waals surface area contributed by atoms with Crippen LogP contribution in [0.15, 0.2) is 12.1 Å². The zero-order valence-electron chi connectivity index (χ0n) is 10.5. The van der Waals surface area contributed by atoms with Crippen LogP contribution < -0.4 is 5.32 Å². The van der Waals surface area contributed by atoms with Crippen LogP contribution in [0.4, 0.5) is 5.69 Å². The average molecular weight is 221 g/mol. The van der Waals surface area contributed by atoms with E-state index in [4.69, 9.17) is 0 Å². The van der Waals surface area contributed by atoms with Crippen LogP contribution in [0.2, 0.25) is 0 Å². The number of aryl methyl sites for hydroxylation is 3. The molecule has 0 spiro atoms. The summed E-state index contributed by atoms with van der Waals surface area (Å²) in [4.78, 5) is 11.3. The molecule has 16 heavy (non-hydrogen) atoms. The van der Waals surface area contributed by atoms with E-state index in [-0.39, 0.29) is 12.0 Å². The summed E-state index contributed by atoms with van der Waals surface area (Å²) in [5.41, 5.74) is 4.60. The molecule has 0 aliphatic carbocycles. The first kappa shape index (κ1) is 12.6. The summed E-state index contributed by atoms with van der Waals surface area (Å²) in [5, 5.41) is 3.15. The lowest BCUT2D eigenvalue weighted by atomic mass is 10.0. The zero-order chi connectivity index (χ0) is 12.3. The van der Waals surface area contributed by atoms with Crippen molar-refractivity contribution >= 4 is 11.7 Å². The third kappa shape index (κ3) is 2.75. The number of esters is 1. The van der Waals surface area contributed by atoms with Gasteiger partial charge in [0.1, 0.15) is 6.04 Å². The van der Waals surface area contributed by atoms with E-state index in [1.807, 2.05) is 6.92 Å². The standard InChI is InChI=1S/C13H19NO2/c1-8-6-10(3)12(7-9(8)2)14-11(4)13(15)16-5/h6-7,11,14H,1-5H3/t11-/m0/s1. The van der Waals surface area contributed by atoms with Crippen molar-refractivity contribution in [2.45, 2.75) is 33.7 Å². The van der Waals surface area contributed by atoms with Crippen molar-refractivity contribution < 1.29 is 9.53 Å². The van der Waals surface area contributed by atoms with E-state index >= 15 is 0 Å². The molecule has 1 atom stereocenters. The smallest absolute Gasteiger partial charge is 0.327 e. The van der Waals surface area contributed by atoms with E-state index in [2.05, 4.69) is 36.0 Å². The fourth-order valence-electron chi connectivity index (χ4n) is 1.58. The number of hydrogen-bond donors (Lipinski definition) is 1. The van der Waals surface area contributed by atoms with Crippen LogP contribution in [0, 0.1) is 20.8 Å².